The fourth-order valence-electron chi connectivity index (χ4n) is 4.00. The van der Waals surface area contributed by atoms with Crippen molar-refractivity contribution in [3.63, 3.8) is 0 Å². The Hall–Kier alpha value is -3.14. The number of hydrogen-bond donors (Lipinski definition) is 1. The Kier molecular flexibility index (Phi) is 8.01. The minimum atomic E-state index is -2.03. The SMILES string of the molecule is CC(O[Si](C)(C)C(C)(C)C)C(CCOc1ccc2nc(-c3ccc(Cl)cc3)oc2c1)n1cnc(C(N)=O)c1. The van der Waals surface area contributed by atoms with Gasteiger partial charge in [-0.15, -0.1) is 0 Å². The van der Waals surface area contributed by atoms with Crippen LogP contribution in [-0.2, 0) is 4.43 Å². The third kappa shape index (κ3) is 6.28. The number of fused-ring (bicyclic) bond motifs is 1. The fraction of sp³-hybridized carbons (Fsp3) is 0.393. The Morgan fingerprint density at radius 3 is 2.53 bits per heavy atom. The van der Waals surface area contributed by atoms with E-state index in [4.69, 9.17) is 30.9 Å². The van der Waals surface area contributed by atoms with Gasteiger partial charge >= 0.3 is 0 Å². The van der Waals surface area contributed by atoms with E-state index >= 15 is 0 Å². The van der Waals surface area contributed by atoms with Crippen LogP contribution in [0, 0.1) is 0 Å². The zero-order valence-electron chi connectivity index (χ0n) is 22.7. The minimum Gasteiger partial charge on any atom is -0.493 e. The van der Waals surface area contributed by atoms with E-state index in [2.05, 4.69) is 50.8 Å². The molecule has 0 saturated heterocycles. The number of rotatable bonds is 10. The van der Waals surface area contributed by atoms with Gasteiger partial charge in [-0.2, -0.15) is 0 Å². The molecule has 4 rings (SSSR count). The first-order valence-corrected chi connectivity index (χ1v) is 15.9. The molecule has 38 heavy (non-hydrogen) atoms. The van der Waals surface area contributed by atoms with Crippen molar-refractivity contribution in [3.05, 3.63) is 65.7 Å². The lowest BCUT2D eigenvalue weighted by molar-refractivity contribution is 0.0994. The first-order valence-electron chi connectivity index (χ1n) is 12.6. The average molecular weight is 555 g/mol. The topological polar surface area (TPSA) is 105 Å². The summed E-state index contributed by atoms with van der Waals surface area (Å²) in [4.78, 5) is 20.4. The Balaban J connectivity index is 1.49. The quantitative estimate of drug-likeness (QED) is 0.214. The van der Waals surface area contributed by atoms with Crippen molar-refractivity contribution < 1.29 is 18.4 Å². The van der Waals surface area contributed by atoms with Gasteiger partial charge in [-0.3, -0.25) is 4.79 Å². The highest BCUT2D eigenvalue weighted by Crippen LogP contribution is 2.39. The van der Waals surface area contributed by atoms with Gasteiger partial charge in [0.2, 0.25) is 5.89 Å². The second-order valence-corrected chi connectivity index (χ2v) is 16.2. The van der Waals surface area contributed by atoms with Crippen LogP contribution in [0.25, 0.3) is 22.6 Å². The van der Waals surface area contributed by atoms with Crippen LogP contribution in [0.3, 0.4) is 0 Å². The van der Waals surface area contributed by atoms with Crippen LogP contribution < -0.4 is 10.5 Å². The summed E-state index contributed by atoms with van der Waals surface area (Å²) in [6.07, 6.45) is 3.81. The molecule has 1 amide bonds. The summed E-state index contributed by atoms with van der Waals surface area (Å²) in [5.74, 6) is 0.641. The molecule has 0 saturated carbocycles. The number of benzene rings is 2. The summed E-state index contributed by atoms with van der Waals surface area (Å²) in [6.45, 7) is 13.6. The molecule has 2 aromatic heterocycles. The van der Waals surface area contributed by atoms with E-state index in [1.807, 2.05) is 34.9 Å². The number of hydrogen-bond acceptors (Lipinski definition) is 6. The van der Waals surface area contributed by atoms with Crippen molar-refractivity contribution in [1.82, 2.24) is 14.5 Å². The Morgan fingerprint density at radius 1 is 1.18 bits per heavy atom. The lowest BCUT2D eigenvalue weighted by Crippen LogP contribution is -2.45. The van der Waals surface area contributed by atoms with Crippen LogP contribution in [-0.4, -0.2) is 41.5 Å². The summed E-state index contributed by atoms with van der Waals surface area (Å²) in [5.41, 5.74) is 7.90. The second kappa shape index (κ2) is 10.9. The Labute approximate surface area is 229 Å². The normalized spacial score (nSPS) is 14.0. The van der Waals surface area contributed by atoms with Crippen LogP contribution in [0.15, 0.2) is 59.4 Å². The molecule has 2 unspecified atom stereocenters. The highest BCUT2D eigenvalue weighted by Gasteiger charge is 2.40. The molecule has 10 heteroatoms. The van der Waals surface area contributed by atoms with Crippen molar-refractivity contribution in [1.29, 1.82) is 0 Å². The predicted octanol–water partition coefficient (Wildman–Crippen LogP) is 6.86. The molecule has 0 fully saturated rings. The van der Waals surface area contributed by atoms with Crippen molar-refractivity contribution in [2.45, 2.75) is 64.4 Å². The highest BCUT2D eigenvalue weighted by atomic mass is 35.5. The number of aromatic nitrogens is 3. The van der Waals surface area contributed by atoms with Crippen LogP contribution in [0.2, 0.25) is 23.2 Å². The summed E-state index contributed by atoms with van der Waals surface area (Å²) in [6, 6.07) is 12.9. The van der Waals surface area contributed by atoms with E-state index in [-0.39, 0.29) is 22.9 Å². The van der Waals surface area contributed by atoms with E-state index in [1.54, 1.807) is 24.7 Å². The summed E-state index contributed by atoms with van der Waals surface area (Å²) in [7, 11) is -2.03. The molecule has 202 valence electrons. The monoisotopic (exact) mass is 554 g/mol. The van der Waals surface area contributed by atoms with Gasteiger partial charge in [0.15, 0.2) is 13.9 Å². The molecular formula is C28H35ClN4O4Si. The molecule has 2 atom stereocenters. The van der Waals surface area contributed by atoms with Crippen molar-refractivity contribution in [2.75, 3.05) is 6.61 Å². The van der Waals surface area contributed by atoms with Crippen LogP contribution >= 0.6 is 11.6 Å². The third-order valence-electron chi connectivity index (χ3n) is 7.20. The number of nitrogens with two attached hydrogens (primary N) is 1. The Morgan fingerprint density at radius 2 is 1.89 bits per heavy atom. The number of amides is 1. The molecule has 0 radical (unpaired) electrons. The third-order valence-corrected chi connectivity index (χ3v) is 12.0. The van der Waals surface area contributed by atoms with E-state index < -0.39 is 14.2 Å². The van der Waals surface area contributed by atoms with Gasteiger partial charge in [-0.1, -0.05) is 32.4 Å². The molecule has 0 aliphatic heterocycles. The minimum absolute atomic E-state index is 0.0625. The average Bonchev–Trinajstić information content (AvgIpc) is 3.48. The fourth-order valence-corrected chi connectivity index (χ4v) is 5.57. The van der Waals surface area contributed by atoms with Gasteiger partial charge in [0, 0.05) is 29.3 Å². The molecular weight excluding hydrogens is 520 g/mol. The standard InChI is InChI=1S/C28H35ClN4O4Si/c1-18(37-38(5,6)28(2,3)4)24(33-16-23(26(30)34)31-17-33)13-14-35-21-11-12-22-25(15-21)36-27(32-22)19-7-9-20(29)10-8-19/h7-12,15-18,24H,13-14H2,1-6H3,(H2,30,34). The van der Waals surface area contributed by atoms with Gasteiger partial charge in [0.25, 0.3) is 5.91 Å². The van der Waals surface area contributed by atoms with Crippen LogP contribution in [0.4, 0.5) is 0 Å². The summed E-state index contributed by atoms with van der Waals surface area (Å²) < 4.78 is 20.7. The number of imidazole rings is 1. The Bertz CT molecular complexity index is 1410. The smallest absolute Gasteiger partial charge is 0.268 e. The number of carbonyl (C=O) groups excluding carboxylic acids is 1. The van der Waals surface area contributed by atoms with Gasteiger partial charge in [-0.25, -0.2) is 9.97 Å². The number of primary amides is 1. The number of oxazole rings is 1. The summed E-state index contributed by atoms with van der Waals surface area (Å²) in [5, 5.41) is 0.719. The molecule has 2 heterocycles. The highest BCUT2D eigenvalue weighted by molar-refractivity contribution is 6.74. The molecule has 8 nitrogen and oxygen atoms in total. The molecule has 2 aromatic carbocycles. The zero-order chi connectivity index (χ0) is 27.7. The molecule has 0 aliphatic rings. The second-order valence-electron chi connectivity index (χ2n) is 11.0. The largest absolute Gasteiger partial charge is 0.493 e. The maximum atomic E-state index is 11.7. The van der Waals surface area contributed by atoms with Crippen molar-refractivity contribution in [2.24, 2.45) is 5.73 Å². The lowest BCUT2D eigenvalue weighted by Gasteiger charge is -2.40. The molecule has 0 spiro atoms. The molecule has 4 aromatic rings. The molecule has 0 bridgehead atoms. The van der Waals surface area contributed by atoms with E-state index in [0.717, 1.165) is 11.1 Å². The van der Waals surface area contributed by atoms with Crippen LogP contribution in [0.1, 0.15) is 50.6 Å². The van der Waals surface area contributed by atoms with Gasteiger partial charge in [0.05, 0.1) is 25.1 Å². The maximum absolute atomic E-state index is 11.7. The van der Waals surface area contributed by atoms with Crippen molar-refractivity contribution >= 4 is 36.9 Å². The first-order chi connectivity index (χ1) is 17.8. The number of ether oxygens (including phenoxy) is 1. The zero-order valence-corrected chi connectivity index (χ0v) is 24.5. The summed E-state index contributed by atoms with van der Waals surface area (Å²) >= 11 is 6.00. The predicted molar refractivity (Wildman–Crippen MR) is 152 cm³/mol. The number of halogens is 1. The van der Waals surface area contributed by atoms with E-state index in [1.165, 1.54) is 0 Å². The number of nitrogens with zero attached hydrogens (tertiary/aromatic N) is 3. The lowest BCUT2D eigenvalue weighted by atomic mass is 10.1. The van der Waals surface area contributed by atoms with E-state index in [9.17, 15) is 4.79 Å². The molecule has 2 N–H and O–H groups in total. The van der Waals surface area contributed by atoms with Crippen molar-refractivity contribution in [3.8, 4) is 17.2 Å². The maximum Gasteiger partial charge on any atom is 0.268 e. The van der Waals surface area contributed by atoms with Gasteiger partial charge < -0.3 is 23.9 Å². The van der Waals surface area contributed by atoms with E-state index in [0.29, 0.717) is 35.3 Å². The van der Waals surface area contributed by atoms with Gasteiger partial charge in [0.1, 0.15) is 17.0 Å². The number of carbonyl (C=O) groups is 1. The molecule has 0 aliphatic carbocycles. The first kappa shape index (κ1) is 27.9. The van der Waals surface area contributed by atoms with Gasteiger partial charge in [-0.05, 0) is 61.5 Å². The van der Waals surface area contributed by atoms with Crippen LogP contribution in [0.5, 0.6) is 5.75 Å².